The molecule has 7 nitrogen and oxygen atoms in total. The van der Waals surface area contributed by atoms with Crippen LogP contribution < -0.4 is 9.62 Å². The maximum atomic E-state index is 13.8. The Hall–Kier alpha value is -3.39. The predicted molar refractivity (Wildman–Crippen MR) is 145 cm³/mol. The van der Waals surface area contributed by atoms with Crippen LogP contribution in [0.4, 0.5) is 5.69 Å². The van der Waals surface area contributed by atoms with E-state index >= 15 is 0 Å². The summed E-state index contributed by atoms with van der Waals surface area (Å²) in [6.07, 6.45) is 1.48. The maximum Gasteiger partial charge on any atom is 0.244 e. The van der Waals surface area contributed by atoms with Crippen molar-refractivity contribution in [3.05, 3.63) is 77.9 Å². The van der Waals surface area contributed by atoms with E-state index in [2.05, 4.69) is 5.32 Å². The molecule has 0 aliphatic rings. The standard InChI is InChI=1S/C28H35N3O4S/c1-6-25(28(33)29-20(2)3)30(18-22-16-14-21(4)15-17-22)27(32)19-31(36(5,34)35)26-13-9-11-23-10-7-8-12-24(23)26/h7-17,20,25H,6,18-19H2,1-5H3,(H,29,33)/t25-/m1/s1. The lowest BCUT2D eigenvalue weighted by Gasteiger charge is -2.33. The van der Waals surface area contributed by atoms with Crippen LogP contribution in [0.3, 0.4) is 0 Å². The number of nitrogens with zero attached hydrogens (tertiary/aromatic N) is 2. The summed E-state index contributed by atoms with van der Waals surface area (Å²) in [6.45, 7) is 7.33. The zero-order valence-corrected chi connectivity index (χ0v) is 22.4. The van der Waals surface area contributed by atoms with E-state index in [1.807, 2.05) is 82.3 Å². The SMILES string of the molecule is CC[C@H](C(=O)NC(C)C)N(Cc1ccc(C)cc1)C(=O)CN(c1cccc2ccccc12)S(C)(=O)=O. The number of anilines is 1. The van der Waals surface area contributed by atoms with E-state index in [0.717, 1.165) is 32.5 Å². The number of amides is 2. The van der Waals surface area contributed by atoms with Gasteiger partial charge in [-0.3, -0.25) is 13.9 Å². The molecular weight excluding hydrogens is 474 g/mol. The number of benzene rings is 3. The number of aryl methyl sites for hydroxylation is 1. The molecule has 0 spiro atoms. The number of hydrogen-bond donors (Lipinski definition) is 1. The Balaban J connectivity index is 2.02. The van der Waals surface area contributed by atoms with E-state index in [1.165, 1.54) is 4.90 Å². The average Bonchev–Trinajstić information content (AvgIpc) is 2.82. The van der Waals surface area contributed by atoms with Crippen molar-refractivity contribution in [2.75, 3.05) is 17.1 Å². The molecule has 0 aromatic heterocycles. The lowest BCUT2D eigenvalue weighted by molar-refractivity contribution is -0.140. The summed E-state index contributed by atoms with van der Waals surface area (Å²) >= 11 is 0. The fraction of sp³-hybridized carbons (Fsp3) is 0.357. The third-order valence-electron chi connectivity index (χ3n) is 6.00. The predicted octanol–water partition coefficient (Wildman–Crippen LogP) is 4.25. The van der Waals surface area contributed by atoms with E-state index in [9.17, 15) is 18.0 Å². The Morgan fingerprint density at radius 3 is 2.19 bits per heavy atom. The van der Waals surface area contributed by atoms with Gasteiger partial charge in [0.2, 0.25) is 21.8 Å². The van der Waals surface area contributed by atoms with Crippen LogP contribution in [0.5, 0.6) is 0 Å². The molecule has 0 heterocycles. The van der Waals surface area contributed by atoms with Gasteiger partial charge < -0.3 is 10.2 Å². The molecule has 3 rings (SSSR count). The Morgan fingerprint density at radius 1 is 0.944 bits per heavy atom. The van der Waals surface area contributed by atoms with Crippen molar-refractivity contribution >= 4 is 38.3 Å². The number of nitrogens with one attached hydrogen (secondary N) is 1. The van der Waals surface area contributed by atoms with Gasteiger partial charge in [0.05, 0.1) is 11.9 Å². The van der Waals surface area contributed by atoms with Crippen LogP contribution in [0.25, 0.3) is 10.8 Å². The molecule has 1 N–H and O–H groups in total. The van der Waals surface area contributed by atoms with E-state index in [0.29, 0.717) is 12.1 Å². The van der Waals surface area contributed by atoms with Crippen LogP contribution in [0.15, 0.2) is 66.7 Å². The summed E-state index contributed by atoms with van der Waals surface area (Å²) in [6, 6.07) is 19.7. The lowest BCUT2D eigenvalue weighted by atomic mass is 10.1. The highest BCUT2D eigenvalue weighted by molar-refractivity contribution is 7.92. The molecule has 3 aromatic rings. The second kappa shape index (κ2) is 11.6. The number of rotatable bonds is 10. The summed E-state index contributed by atoms with van der Waals surface area (Å²) in [7, 11) is -3.80. The van der Waals surface area contributed by atoms with Crippen molar-refractivity contribution in [2.45, 2.75) is 52.7 Å². The molecule has 192 valence electrons. The quantitative estimate of drug-likeness (QED) is 0.443. The molecule has 0 aliphatic heterocycles. The van der Waals surface area contributed by atoms with Gasteiger partial charge in [-0.2, -0.15) is 0 Å². The van der Waals surface area contributed by atoms with Crippen molar-refractivity contribution < 1.29 is 18.0 Å². The highest BCUT2D eigenvalue weighted by Crippen LogP contribution is 2.29. The second-order valence-corrected chi connectivity index (χ2v) is 11.3. The van der Waals surface area contributed by atoms with Crippen molar-refractivity contribution in [1.29, 1.82) is 0 Å². The molecular formula is C28H35N3O4S. The Labute approximate surface area is 214 Å². The van der Waals surface area contributed by atoms with Crippen LogP contribution in [0.2, 0.25) is 0 Å². The third-order valence-corrected chi connectivity index (χ3v) is 7.13. The second-order valence-electron chi connectivity index (χ2n) is 9.36. The molecule has 0 bridgehead atoms. The van der Waals surface area contributed by atoms with Crippen LogP contribution in [0, 0.1) is 6.92 Å². The van der Waals surface area contributed by atoms with Gasteiger partial charge in [-0.25, -0.2) is 8.42 Å². The minimum atomic E-state index is -3.80. The van der Waals surface area contributed by atoms with E-state index < -0.39 is 28.5 Å². The topological polar surface area (TPSA) is 86.8 Å². The first kappa shape index (κ1) is 27.2. The molecule has 36 heavy (non-hydrogen) atoms. The van der Waals surface area contributed by atoms with Gasteiger partial charge in [0, 0.05) is 18.0 Å². The molecule has 3 aromatic carbocycles. The van der Waals surface area contributed by atoms with Crippen molar-refractivity contribution in [2.24, 2.45) is 0 Å². The summed E-state index contributed by atoms with van der Waals surface area (Å²) in [5.41, 5.74) is 2.38. The molecule has 1 atom stereocenters. The summed E-state index contributed by atoms with van der Waals surface area (Å²) in [4.78, 5) is 28.4. The first-order valence-electron chi connectivity index (χ1n) is 12.1. The van der Waals surface area contributed by atoms with Gasteiger partial charge in [0.1, 0.15) is 12.6 Å². The van der Waals surface area contributed by atoms with Gasteiger partial charge in [-0.15, -0.1) is 0 Å². The normalized spacial score (nSPS) is 12.4. The highest BCUT2D eigenvalue weighted by atomic mass is 32.2. The van der Waals surface area contributed by atoms with Gasteiger partial charge >= 0.3 is 0 Å². The summed E-state index contributed by atoms with van der Waals surface area (Å²) in [5, 5.41) is 4.50. The molecule has 0 fully saturated rings. The average molecular weight is 510 g/mol. The van der Waals surface area contributed by atoms with E-state index in [1.54, 1.807) is 12.1 Å². The zero-order chi connectivity index (χ0) is 26.5. The first-order chi connectivity index (χ1) is 17.0. The molecule has 0 saturated heterocycles. The smallest absolute Gasteiger partial charge is 0.244 e. The Morgan fingerprint density at radius 2 is 1.58 bits per heavy atom. The van der Waals surface area contributed by atoms with E-state index in [4.69, 9.17) is 0 Å². The number of carbonyl (C=O) groups is 2. The van der Waals surface area contributed by atoms with Gasteiger partial charge in [-0.1, -0.05) is 73.2 Å². The zero-order valence-electron chi connectivity index (χ0n) is 21.6. The van der Waals surface area contributed by atoms with Crippen molar-refractivity contribution in [3.63, 3.8) is 0 Å². The Kier molecular flexibility index (Phi) is 8.74. The van der Waals surface area contributed by atoms with Crippen LogP contribution in [-0.4, -0.2) is 50.0 Å². The molecule has 0 radical (unpaired) electrons. The maximum absolute atomic E-state index is 13.8. The van der Waals surface area contributed by atoms with Gasteiger partial charge in [0.25, 0.3) is 0 Å². The number of sulfonamides is 1. The molecule has 0 unspecified atom stereocenters. The number of hydrogen-bond acceptors (Lipinski definition) is 4. The molecule has 8 heteroatoms. The van der Waals surface area contributed by atoms with Crippen LogP contribution >= 0.6 is 0 Å². The third kappa shape index (κ3) is 6.63. The first-order valence-corrected chi connectivity index (χ1v) is 14.0. The fourth-order valence-corrected chi connectivity index (χ4v) is 5.07. The molecule has 2 amide bonds. The fourth-order valence-electron chi connectivity index (χ4n) is 4.21. The van der Waals surface area contributed by atoms with Crippen molar-refractivity contribution in [3.8, 4) is 0 Å². The Bertz CT molecular complexity index is 1310. The van der Waals surface area contributed by atoms with Crippen molar-refractivity contribution in [1.82, 2.24) is 10.2 Å². The number of carbonyl (C=O) groups excluding carboxylic acids is 2. The summed E-state index contributed by atoms with van der Waals surface area (Å²) in [5.74, 6) is -0.705. The summed E-state index contributed by atoms with van der Waals surface area (Å²) < 4.78 is 27.0. The van der Waals surface area contributed by atoms with Crippen LogP contribution in [-0.2, 0) is 26.2 Å². The van der Waals surface area contributed by atoms with E-state index in [-0.39, 0.29) is 18.5 Å². The largest absolute Gasteiger partial charge is 0.352 e. The molecule has 0 aliphatic carbocycles. The van der Waals surface area contributed by atoms with Crippen LogP contribution in [0.1, 0.15) is 38.3 Å². The molecule has 0 saturated carbocycles. The monoisotopic (exact) mass is 509 g/mol. The minimum Gasteiger partial charge on any atom is -0.352 e. The minimum absolute atomic E-state index is 0.0916. The lowest BCUT2D eigenvalue weighted by Crippen LogP contribution is -2.53. The number of fused-ring (bicyclic) bond motifs is 1. The van der Waals surface area contributed by atoms with Gasteiger partial charge in [0.15, 0.2) is 0 Å². The van der Waals surface area contributed by atoms with Gasteiger partial charge in [-0.05, 0) is 44.2 Å². The highest BCUT2D eigenvalue weighted by Gasteiger charge is 2.32.